The molecule has 2 unspecified atom stereocenters. The first-order chi connectivity index (χ1) is 12.8. The van der Waals surface area contributed by atoms with Gasteiger partial charge in [-0.2, -0.15) is 0 Å². The SMILES string of the molecule is N=C(N)c1ccc(C2CC2C(=O)NCC[C@@H]2C[C@@H](CC(=O)O)C(=O)N2)cc1. The molecule has 2 aliphatic rings. The molecule has 3 rings (SSSR count). The van der Waals surface area contributed by atoms with Gasteiger partial charge in [0.15, 0.2) is 0 Å². The van der Waals surface area contributed by atoms with Gasteiger partial charge in [0, 0.05) is 24.1 Å². The number of nitrogens with two attached hydrogens (primary N) is 1. The van der Waals surface area contributed by atoms with E-state index in [1.165, 1.54) is 0 Å². The van der Waals surface area contributed by atoms with E-state index in [0.29, 0.717) is 24.9 Å². The second-order valence-corrected chi connectivity index (χ2v) is 7.30. The van der Waals surface area contributed by atoms with Gasteiger partial charge >= 0.3 is 5.97 Å². The Morgan fingerprint density at radius 1 is 1.26 bits per heavy atom. The molecule has 1 aliphatic heterocycles. The standard InChI is InChI=1S/C19H24N4O4/c20-17(21)11-3-1-10(2-4-11)14-9-15(14)19(27)22-6-5-13-7-12(8-16(24)25)18(26)23-13/h1-4,12-15H,5-9H2,(H3,20,21)(H,22,27)(H,23,26)(H,24,25)/t12-,13+,14?,15?/m0/s1. The number of carbonyl (C=O) groups excluding carboxylic acids is 2. The van der Waals surface area contributed by atoms with E-state index in [2.05, 4.69) is 10.6 Å². The van der Waals surface area contributed by atoms with Crippen molar-refractivity contribution in [3.8, 4) is 0 Å². The normalized spacial score (nSPS) is 26.3. The lowest BCUT2D eigenvalue weighted by molar-refractivity contribution is -0.140. The molecule has 1 saturated heterocycles. The van der Waals surface area contributed by atoms with E-state index < -0.39 is 11.9 Å². The van der Waals surface area contributed by atoms with Crippen LogP contribution < -0.4 is 16.4 Å². The lowest BCUT2D eigenvalue weighted by atomic mass is 10.00. The van der Waals surface area contributed by atoms with E-state index in [4.69, 9.17) is 16.2 Å². The zero-order valence-corrected chi connectivity index (χ0v) is 14.9. The highest BCUT2D eigenvalue weighted by atomic mass is 16.4. The molecule has 1 saturated carbocycles. The minimum Gasteiger partial charge on any atom is -0.481 e. The van der Waals surface area contributed by atoms with Gasteiger partial charge in [-0.3, -0.25) is 19.8 Å². The molecule has 0 spiro atoms. The highest BCUT2D eigenvalue weighted by Crippen LogP contribution is 2.47. The number of carboxylic acids is 1. The monoisotopic (exact) mass is 372 g/mol. The summed E-state index contributed by atoms with van der Waals surface area (Å²) in [5.74, 6) is -1.50. The number of amidine groups is 1. The highest BCUT2D eigenvalue weighted by Gasteiger charge is 2.43. The molecule has 0 radical (unpaired) electrons. The van der Waals surface area contributed by atoms with Gasteiger partial charge in [0.1, 0.15) is 5.84 Å². The molecule has 1 aliphatic carbocycles. The molecule has 2 amide bonds. The smallest absolute Gasteiger partial charge is 0.304 e. The zero-order chi connectivity index (χ0) is 19.6. The predicted octanol–water partition coefficient (Wildman–Crippen LogP) is 0.560. The Kier molecular flexibility index (Phi) is 5.43. The van der Waals surface area contributed by atoms with E-state index in [1.54, 1.807) is 12.1 Å². The van der Waals surface area contributed by atoms with Crippen LogP contribution in [0.5, 0.6) is 0 Å². The largest absolute Gasteiger partial charge is 0.481 e. The molecule has 0 bridgehead atoms. The summed E-state index contributed by atoms with van der Waals surface area (Å²) < 4.78 is 0. The van der Waals surface area contributed by atoms with Crippen molar-refractivity contribution in [2.24, 2.45) is 17.6 Å². The lowest BCUT2D eigenvalue weighted by Crippen LogP contribution is -2.33. The predicted molar refractivity (Wildman–Crippen MR) is 98.2 cm³/mol. The number of hydrogen-bond acceptors (Lipinski definition) is 4. The topological polar surface area (TPSA) is 145 Å². The van der Waals surface area contributed by atoms with E-state index in [1.807, 2.05) is 12.1 Å². The summed E-state index contributed by atoms with van der Waals surface area (Å²) in [6.45, 7) is 0.454. The molecule has 4 atom stereocenters. The molecule has 8 heteroatoms. The number of rotatable bonds is 8. The number of carboxylic acid groups (broad SMARTS) is 1. The van der Waals surface area contributed by atoms with Crippen LogP contribution in [0.15, 0.2) is 24.3 Å². The number of nitrogens with one attached hydrogen (secondary N) is 3. The number of hydrogen-bond donors (Lipinski definition) is 5. The Hall–Kier alpha value is -2.90. The van der Waals surface area contributed by atoms with E-state index >= 15 is 0 Å². The van der Waals surface area contributed by atoms with Crippen molar-refractivity contribution in [1.82, 2.24) is 10.6 Å². The lowest BCUT2D eigenvalue weighted by Gasteiger charge is -2.11. The van der Waals surface area contributed by atoms with Crippen molar-refractivity contribution < 1.29 is 19.5 Å². The molecule has 1 aromatic rings. The van der Waals surface area contributed by atoms with Crippen molar-refractivity contribution in [3.05, 3.63) is 35.4 Å². The third-order valence-electron chi connectivity index (χ3n) is 5.28. The first-order valence-corrected chi connectivity index (χ1v) is 9.09. The first-order valence-electron chi connectivity index (χ1n) is 9.09. The molecule has 6 N–H and O–H groups in total. The average molecular weight is 372 g/mol. The van der Waals surface area contributed by atoms with Crippen LogP contribution in [-0.2, 0) is 14.4 Å². The van der Waals surface area contributed by atoms with Crippen LogP contribution in [0.25, 0.3) is 0 Å². The number of benzene rings is 1. The molecule has 0 aromatic heterocycles. The Balaban J connectivity index is 1.40. The summed E-state index contributed by atoms with van der Waals surface area (Å²) in [5.41, 5.74) is 7.18. The van der Waals surface area contributed by atoms with Gasteiger partial charge in [-0.25, -0.2) is 0 Å². The molecule has 1 aromatic carbocycles. The van der Waals surface area contributed by atoms with Gasteiger partial charge in [-0.1, -0.05) is 24.3 Å². The Morgan fingerprint density at radius 2 is 1.96 bits per heavy atom. The average Bonchev–Trinajstić information content (AvgIpc) is 3.34. The summed E-state index contributed by atoms with van der Waals surface area (Å²) in [6, 6.07) is 7.32. The van der Waals surface area contributed by atoms with Gasteiger partial charge < -0.3 is 21.5 Å². The summed E-state index contributed by atoms with van der Waals surface area (Å²) in [4.78, 5) is 34.7. The van der Waals surface area contributed by atoms with E-state index in [-0.39, 0.29) is 41.9 Å². The number of amides is 2. The maximum absolute atomic E-state index is 12.3. The fourth-order valence-electron chi connectivity index (χ4n) is 3.67. The van der Waals surface area contributed by atoms with Crippen LogP contribution in [0.2, 0.25) is 0 Å². The summed E-state index contributed by atoms with van der Waals surface area (Å²) in [6.07, 6.45) is 1.74. The van der Waals surface area contributed by atoms with E-state index in [9.17, 15) is 14.4 Å². The summed E-state index contributed by atoms with van der Waals surface area (Å²) in [7, 11) is 0. The quantitative estimate of drug-likeness (QED) is 0.334. The van der Waals surface area contributed by atoms with Gasteiger partial charge in [0.25, 0.3) is 0 Å². The molecule has 144 valence electrons. The third kappa shape index (κ3) is 4.64. The minimum atomic E-state index is -0.972. The van der Waals surface area contributed by atoms with Gasteiger partial charge in [-0.15, -0.1) is 0 Å². The minimum absolute atomic E-state index is 0.00190. The van der Waals surface area contributed by atoms with Crippen LogP contribution in [0.3, 0.4) is 0 Å². The fourth-order valence-corrected chi connectivity index (χ4v) is 3.67. The molecule has 27 heavy (non-hydrogen) atoms. The Bertz CT molecular complexity index is 761. The van der Waals surface area contributed by atoms with Crippen LogP contribution in [0.4, 0.5) is 0 Å². The second-order valence-electron chi connectivity index (χ2n) is 7.30. The molecule has 1 heterocycles. The van der Waals surface area contributed by atoms with Crippen molar-refractivity contribution in [2.45, 2.75) is 37.6 Å². The van der Waals surface area contributed by atoms with E-state index in [0.717, 1.165) is 12.0 Å². The zero-order valence-electron chi connectivity index (χ0n) is 14.9. The first kappa shape index (κ1) is 18.9. The number of nitrogen functional groups attached to an aromatic ring is 1. The Labute approximate surface area is 157 Å². The fraction of sp³-hybridized carbons (Fsp3) is 0.474. The number of aliphatic carboxylic acids is 1. The van der Waals surface area contributed by atoms with Crippen LogP contribution in [0.1, 0.15) is 42.7 Å². The van der Waals surface area contributed by atoms with Crippen molar-refractivity contribution >= 4 is 23.6 Å². The molecule has 8 nitrogen and oxygen atoms in total. The van der Waals surface area contributed by atoms with Gasteiger partial charge in [0.05, 0.1) is 12.3 Å². The van der Waals surface area contributed by atoms with Crippen molar-refractivity contribution in [3.63, 3.8) is 0 Å². The van der Waals surface area contributed by atoms with Gasteiger partial charge in [0.2, 0.25) is 11.8 Å². The van der Waals surface area contributed by atoms with Crippen molar-refractivity contribution in [2.75, 3.05) is 6.54 Å². The Morgan fingerprint density at radius 3 is 2.59 bits per heavy atom. The highest BCUT2D eigenvalue weighted by molar-refractivity contribution is 5.95. The van der Waals surface area contributed by atoms with Crippen LogP contribution >= 0.6 is 0 Å². The summed E-state index contributed by atoms with van der Waals surface area (Å²) >= 11 is 0. The molecular weight excluding hydrogens is 348 g/mol. The molecule has 2 fully saturated rings. The maximum Gasteiger partial charge on any atom is 0.304 e. The van der Waals surface area contributed by atoms with Crippen LogP contribution in [-0.4, -0.2) is 41.3 Å². The second kappa shape index (κ2) is 7.77. The molecular formula is C19H24N4O4. The third-order valence-corrected chi connectivity index (χ3v) is 5.28. The number of carbonyl (C=O) groups is 3. The van der Waals surface area contributed by atoms with Gasteiger partial charge in [-0.05, 0) is 30.7 Å². The summed E-state index contributed by atoms with van der Waals surface area (Å²) in [5, 5.41) is 21.9. The van der Waals surface area contributed by atoms with Crippen molar-refractivity contribution in [1.29, 1.82) is 5.41 Å². The maximum atomic E-state index is 12.3. The van der Waals surface area contributed by atoms with Crippen LogP contribution in [0, 0.1) is 17.2 Å².